The number of carbonyl (C=O) groups excluding carboxylic acids is 1. The minimum Gasteiger partial charge on any atom is -0.505 e. The summed E-state index contributed by atoms with van der Waals surface area (Å²) in [5, 5.41) is 19.1. The fourth-order valence-electron chi connectivity index (χ4n) is 3.53. The van der Waals surface area contributed by atoms with Crippen LogP contribution in [0, 0.1) is 11.8 Å². The Hall–Kier alpha value is -2.11. The SMILES string of the molecule is O=C(O)C1C2CCCC2CN1C(=O)c1ncccc1O. The van der Waals surface area contributed by atoms with Crippen LogP contribution in [0.2, 0.25) is 0 Å². The molecular weight excluding hydrogens is 260 g/mol. The van der Waals surface area contributed by atoms with Crippen LogP contribution < -0.4 is 0 Å². The number of pyridine rings is 1. The predicted molar refractivity (Wildman–Crippen MR) is 69.2 cm³/mol. The number of hydrogen-bond acceptors (Lipinski definition) is 4. The van der Waals surface area contributed by atoms with Gasteiger partial charge in [-0.3, -0.25) is 4.79 Å². The smallest absolute Gasteiger partial charge is 0.326 e. The first-order valence-corrected chi connectivity index (χ1v) is 6.77. The van der Waals surface area contributed by atoms with Gasteiger partial charge in [-0.05, 0) is 36.8 Å². The van der Waals surface area contributed by atoms with E-state index in [1.165, 1.54) is 23.2 Å². The number of carbonyl (C=O) groups is 2. The van der Waals surface area contributed by atoms with E-state index in [1.54, 1.807) is 0 Å². The van der Waals surface area contributed by atoms with Crippen molar-refractivity contribution in [3.05, 3.63) is 24.0 Å². The van der Waals surface area contributed by atoms with Gasteiger partial charge in [0.1, 0.15) is 11.8 Å². The number of carboxylic acid groups (broad SMARTS) is 1. The third-order valence-electron chi connectivity index (χ3n) is 4.39. The molecule has 0 aromatic carbocycles. The Kier molecular flexibility index (Phi) is 3.08. The molecule has 2 fully saturated rings. The van der Waals surface area contributed by atoms with Crippen molar-refractivity contribution in [2.45, 2.75) is 25.3 Å². The second kappa shape index (κ2) is 4.77. The molecule has 1 aromatic rings. The lowest BCUT2D eigenvalue weighted by Crippen LogP contribution is -2.43. The number of fused-ring (bicyclic) bond motifs is 1. The second-order valence-electron chi connectivity index (χ2n) is 5.47. The molecule has 6 nitrogen and oxygen atoms in total. The molecule has 2 heterocycles. The van der Waals surface area contributed by atoms with Gasteiger partial charge in [-0.2, -0.15) is 0 Å². The summed E-state index contributed by atoms with van der Waals surface area (Å²) in [6.45, 7) is 0.441. The molecule has 6 heteroatoms. The van der Waals surface area contributed by atoms with E-state index in [1.807, 2.05) is 0 Å². The Morgan fingerprint density at radius 3 is 2.85 bits per heavy atom. The number of carboxylic acids is 1. The van der Waals surface area contributed by atoms with Crippen molar-refractivity contribution in [1.29, 1.82) is 0 Å². The third kappa shape index (κ3) is 1.92. The van der Waals surface area contributed by atoms with Gasteiger partial charge < -0.3 is 15.1 Å². The molecule has 1 saturated carbocycles. The molecule has 0 spiro atoms. The highest BCUT2D eigenvalue weighted by molar-refractivity contribution is 5.97. The molecule has 2 N–H and O–H groups in total. The van der Waals surface area contributed by atoms with Gasteiger partial charge in [0.15, 0.2) is 5.69 Å². The lowest BCUT2D eigenvalue weighted by Gasteiger charge is -2.24. The maximum absolute atomic E-state index is 12.5. The maximum Gasteiger partial charge on any atom is 0.326 e. The number of aromatic hydroxyl groups is 1. The molecule has 20 heavy (non-hydrogen) atoms. The van der Waals surface area contributed by atoms with Crippen LogP contribution in [0.4, 0.5) is 0 Å². The molecular formula is C14H16N2O4. The third-order valence-corrected chi connectivity index (χ3v) is 4.39. The molecule has 0 bridgehead atoms. The van der Waals surface area contributed by atoms with E-state index in [-0.39, 0.29) is 23.3 Å². The topological polar surface area (TPSA) is 90.7 Å². The van der Waals surface area contributed by atoms with Gasteiger partial charge >= 0.3 is 5.97 Å². The van der Waals surface area contributed by atoms with Gasteiger partial charge in [0.2, 0.25) is 0 Å². The highest BCUT2D eigenvalue weighted by Gasteiger charge is 2.50. The van der Waals surface area contributed by atoms with Crippen molar-refractivity contribution in [2.75, 3.05) is 6.54 Å². The minimum absolute atomic E-state index is 0.0299. The van der Waals surface area contributed by atoms with Crippen LogP contribution in [0.1, 0.15) is 29.8 Å². The second-order valence-corrected chi connectivity index (χ2v) is 5.47. The van der Waals surface area contributed by atoms with Crippen molar-refractivity contribution >= 4 is 11.9 Å². The van der Waals surface area contributed by atoms with E-state index < -0.39 is 17.9 Å². The van der Waals surface area contributed by atoms with Crippen LogP contribution in [0.25, 0.3) is 0 Å². The van der Waals surface area contributed by atoms with Crippen LogP contribution in [0.15, 0.2) is 18.3 Å². The number of nitrogens with zero attached hydrogens (tertiary/aromatic N) is 2. The Bertz CT molecular complexity index is 560. The van der Waals surface area contributed by atoms with E-state index in [0.717, 1.165) is 19.3 Å². The summed E-state index contributed by atoms with van der Waals surface area (Å²) in [6, 6.07) is 2.11. The number of amides is 1. The molecule has 0 radical (unpaired) electrons. The average molecular weight is 276 g/mol. The van der Waals surface area contributed by atoms with Crippen molar-refractivity contribution in [3.63, 3.8) is 0 Å². The summed E-state index contributed by atoms with van der Waals surface area (Å²) in [6.07, 6.45) is 4.25. The van der Waals surface area contributed by atoms with Crippen LogP contribution in [-0.4, -0.2) is 44.6 Å². The van der Waals surface area contributed by atoms with Crippen LogP contribution in [0.5, 0.6) is 5.75 Å². The summed E-state index contributed by atoms with van der Waals surface area (Å²) in [7, 11) is 0. The average Bonchev–Trinajstić information content (AvgIpc) is 2.97. The number of aliphatic carboxylic acids is 1. The van der Waals surface area contributed by atoms with Gasteiger partial charge in [-0.25, -0.2) is 9.78 Å². The van der Waals surface area contributed by atoms with Crippen LogP contribution >= 0.6 is 0 Å². The number of hydrogen-bond donors (Lipinski definition) is 2. The molecule has 1 aliphatic carbocycles. The zero-order valence-electron chi connectivity index (χ0n) is 10.9. The number of likely N-dealkylation sites (tertiary alicyclic amines) is 1. The van der Waals surface area contributed by atoms with Crippen LogP contribution in [-0.2, 0) is 4.79 Å². The first-order valence-electron chi connectivity index (χ1n) is 6.77. The molecule has 2 aliphatic rings. The Morgan fingerprint density at radius 1 is 1.35 bits per heavy atom. The van der Waals surface area contributed by atoms with Crippen molar-refractivity contribution < 1.29 is 19.8 Å². The molecule has 3 unspecified atom stereocenters. The van der Waals surface area contributed by atoms with Crippen molar-refractivity contribution in [3.8, 4) is 5.75 Å². The summed E-state index contributed by atoms with van der Waals surface area (Å²) < 4.78 is 0. The number of rotatable bonds is 2. The van der Waals surface area contributed by atoms with Gasteiger partial charge in [-0.15, -0.1) is 0 Å². The summed E-state index contributed by atoms with van der Waals surface area (Å²) in [5.74, 6) is -1.39. The monoisotopic (exact) mass is 276 g/mol. The molecule has 1 aliphatic heterocycles. The molecule has 106 valence electrons. The zero-order valence-corrected chi connectivity index (χ0v) is 10.9. The highest BCUT2D eigenvalue weighted by Crippen LogP contribution is 2.42. The van der Waals surface area contributed by atoms with Gasteiger partial charge in [-0.1, -0.05) is 6.42 Å². The van der Waals surface area contributed by atoms with Crippen LogP contribution in [0.3, 0.4) is 0 Å². The molecule has 1 aromatic heterocycles. The lowest BCUT2D eigenvalue weighted by atomic mass is 9.94. The van der Waals surface area contributed by atoms with Gasteiger partial charge in [0, 0.05) is 12.7 Å². The van der Waals surface area contributed by atoms with E-state index in [0.29, 0.717) is 6.54 Å². The highest BCUT2D eigenvalue weighted by atomic mass is 16.4. The first kappa shape index (κ1) is 12.9. The standard InChI is InChI=1S/C14H16N2O4/c17-10-5-2-6-15-11(10)13(18)16-7-8-3-1-4-9(8)12(16)14(19)20/h2,5-6,8-9,12,17H,1,3-4,7H2,(H,19,20). The molecule has 1 amide bonds. The van der Waals surface area contributed by atoms with E-state index in [2.05, 4.69) is 4.98 Å². The summed E-state index contributed by atoms with van der Waals surface area (Å²) >= 11 is 0. The largest absolute Gasteiger partial charge is 0.505 e. The predicted octanol–water partition coefficient (Wildman–Crippen LogP) is 1.11. The fourth-order valence-corrected chi connectivity index (χ4v) is 3.53. The Labute approximate surface area is 116 Å². The van der Waals surface area contributed by atoms with E-state index in [4.69, 9.17) is 0 Å². The van der Waals surface area contributed by atoms with Gasteiger partial charge in [0.05, 0.1) is 0 Å². The quantitative estimate of drug-likeness (QED) is 0.844. The van der Waals surface area contributed by atoms with E-state index in [9.17, 15) is 19.8 Å². The lowest BCUT2D eigenvalue weighted by molar-refractivity contribution is -0.142. The Balaban J connectivity index is 1.91. The summed E-state index contributed by atoms with van der Waals surface area (Å²) in [4.78, 5) is 29.2. The zero-order chi connectivity index (χ0) is 14.3. The first-order chi connectivity index (χ1) is 9.59. The Morgan fingerprint density at radius 2 is 2.15 bits per heavy atom. The number of aromatic nitrogens is 1. The summed E-state index contributed by atoms with van der Waals surface area (Å²) in [5.41, 5.74) is -0.0706. The molecule has 3 atom stereocenters. The van der Waals surface area contributed by atoms with Crippen molar-refractivity contribution in [2.24, 2.45) is 11.8 Å². The molecule has 1 saturated heterocycles. The van der Waals surface area contributed by atoms with Gasteiger partial charge in [0.25, 0.3) is 5.91 Å². The molecule has 3 rings (SSSR count). The normalized spacial score (nSPS) is 28.4. The fraction of sp³-hybridized carbons (Fsp3) is 0.500. The van der Waals surface area contributed by atoms with Crippen molar-refractivity contribution in [1.82, 2.24) is 9.88 Å². The van der Waals surface area contributed by atoms with E-state index >= 15 is 0 Å². The minimum atomic E-state index is -0.969. The maximum atomic E-state index is 12.5.